The Morgan fingerprint density at radius 2 is 1.89 bits per heavy atom. The smallest absolute Gasteiger partial charge is 0.321 e. The lowest BCUT2D eigenvalue weighted by molar-refractivity contribution is -0.141. The van der Waals surface area contributed by atoms with Crippen molar-refractivity contribution in [2.45, 2.75) is 31.6 Å². The third-order valence-corrected chi connectivity index (χ3v) is 5.00. The minimum absolute atomic E-state index is 0.124. The van der Waals surface area contributed by atoms with E-state index in [2.05, 4.69) is 0 Å². The highest BCUT2D eigenvalue weighted by atomic mass is 32.2. The van der Waals surface area contributed by atoms with Crippen molar-refractivity contribution in [2.24, 2.45) is 0 Å². The monoisotopic (exact) mass is 268 g/mol. The molecule has 0 heterocycles. The SMILES string of the molecule is Cc1ccc(COC(=O)CS(=O)(=O)C2CC2)cc1. The topological polar surface area (TPSA) is 60.4 Å². The summed E-state index contributed by atoms with van der Waals surface area (Å²) in [7, 11) is -3.27. The Kier molecular flexibility index (Phi) is 3.71. The summed E-state index contributed by atoms with van der Waals surface area (Å²) >= 11 is 0. The Labute approximate surface area is 107 Å². The van der Waals surface area contributed by atoms with Crippen LogP contribution in [-0.4, -0.2) is 25.4 Å². The molecule has 0 N–H and O–H groups in total. The molecular weight excluding hydrogens is 252 g/mol. The maximum Gasteiger partial charge on any atom is 0.321 e. The minimum atomic E-state index is -3.27. The zero-order chi connectivity index (χ0) is 13.2. The van der Waals surface area contributed by atoms with E-state index in [1.807, 2.05) is 31.2 Å². The Morgan fingerprint density at radius 1 is 1.28 bits per heavy atom. The molecule has 0 aliphatic heterocycles. The van der Waals surface area contributed by atoms with Crippen molar-refractivity contribution >= 4 is 15.8 Å². The number of rotatable bonds is 5. The fraction of sp³-hybridized carbons (Fsp3) is 0.462. The van der Waals surface area contributed by atoms with E-state index < -0.39 is 21.6 Å². The predicted octanol–water partition coefficient (Wildman–Crippen LogP) is 1.62. The maximum absolute atomic E-state index is 11.6. The van der Waals surface area contributed by atoms with Crippen LogP contribution in [0.3, 0.4) is 0 Å². The summed E-state index contributed by atoms with van der Waals surface area (Å²) in [6, 6.07) is 7.56. The number of carbonyl (C=O) groups excluding carboxylic acids is 1. The van der Waals surface area contributed by atoms with E-state index in [1.54, 1.807) is 0 Å². The molecule has 1 saturated carbocycles. The van der Waals surface area contributed by atoms with E-state index in [9.17, 15) is 13.2 Å². The van der Waals surface area contributed by atoms with Crippen LogP contribution < -0.4 is 0 Å². The molecule has 0 aromatic heterocycles. The zero-order valence-corrected chi connectivity index (χ0v) is 11.1. The molecule has 1 fully saturated rings. The molecule has 0 unspecified atom stereocenters. The summed E-state index contributed by atoms with van der Waals surface area (Å²) in [4.78, 5) is 11.4. The van der Waals surface area contributed by atoms with Crippen LogP contribution in [0.25, 0.3) is 0 Å². The van der Waals surface area contributed by atoms with Crippen molar-refractivity contribution in [3.05, 3.63) is 35.4 Å². The summed E-state index contributed by atoms with van der Waals surface area (Å²) in [5.74, 6) is -1.16. The molecule has 0 amide bonds. The molecule has 1 aliphatic rings. The molecule has 0 saturated heterocycles. The van der Waals surface area contributed by atoms with Gasteiger partial charge in [-0.05, 0) is 25.3 Å². The summed E-state index contributed by atoms with van der Waals surface area (Å²) < 4.78 is 28.1. The molecule has 0 bridgehead atoms. The number of sulfone groups is 1. The zero-order valence-electron chi connectivity index (χ0n) is 10.3. The second-order valence-corrected chi connectivity index (χ2v) is 6.93. The van der Waals surface area contributed by atoms with Gasteiger partial charge in [0.2, 0.25) is 0 Å². The molecule has 0 radical (unpaired) electrons. The van der Waals surface area contributed by atoms with Crippen LogP contribution in [0.15, 0.2) is 24.3 Å². The van der Waals surface area contributed by atoms with Crippen LogP contribution in [0.2, 0.25) is 0 Å². The standard InChI is InChI=1S/C13H16O4S/c1-10-2-4-11(5-3-10)8-17-13(14)9-18(15,16)12-6-7-12/h2-5,12H,6-9H2,1H3. The van der Waals surface area contributed by atoms with Gasteiger partial charge in [-0.1, -0.05) is 29.8 Å². The summed E-state index contributed by atoms with van der Waals surface area (Å²) in [6.07, 6.45) is 1.35. The van der Waals surface area contributed by atoms with Gasteiger partial charge < -0.3 is 4.74 Å². The van der Waals surface area contributed by atoms with E-state index in [-0.39, 0.29) is 11.9 Å². The molecule has 1 aliphatic carbocycles. The highest BCUT2D eigenvalue weighted by Crippen LogP contribution is 2.28. The summed E-state index contributed by atoms with van der Waals surface area (Å²) in [5, 5.41) is -0.315. The number of hydrogen-bond donors (Lipinski definition) is 0. The first-order chi connectivity index (χ1) is 8.47. The van der Waals surface area contributed by atoms with Gasteiger partial charge in [0.25, 0.3) is 0 Å². The third-order valence-electron chi connectivity index (χ3n) is 2.87. The number of carbonyl (C=O) groups is 1. The number of ether oxygens (including phenoxy) is 1. The number of aryl methyl sites for hydroxylation is 1. The molecule has 5 heteroatoms. The first-order valence-electron chi connectivity index (χ1n) is 5.90. The van der Waals surface area contributed by atoms with E-state index in [1.165, 1.54) is 0 Å². The van der Waals surface area contributed by atoms with Crippen LogP contribution in [0.4, 0.5) is 0 Å². The van der Waals surface area contributed by atoms with Crippen LogP contribution in [-0.2, 0) is 26.0 Å². The largest absolute Gasteiger partial charge is 0.460 e. The van der Waals surface area contributed by atoms with Crippen molar-refractivity contribution in [1.29, 1.82) is 0 Å². The number of esters is 1. The molecule has 1 aromatic rings. The minimum Gasteiger partial charge on any atom is -0.460 e. The molecule has 0 atom stereocenters. The van der Waals surface area contributed by atoms with Gasteiger partial charge in [-0.3, -0.25) is 4.79 Å². The van der Waals surface area contributed by atoms with Gasteiger partial charge in [0.15, 0.2) is 9.84 Å². The van der Waals surface area contributed by atoms with Gasteiger partial charge in [0.05, 0.1) is 5.25 Å². The molecule has 1 aromatic carbocycles. The highest BCUT2D eigenvalue weighted by molar-refractivity contribution is 7.92. The summed E-state index contributed by atoms with van der Waals surface area (Å²) in [5.41, 5.74) is 1.99. The maximum atomic E-state index is 11.6. The lowest BCUT2D eigenvalue weighted by Crippen LogP contribution is -2.21. The van der Waals surface area contributed by atoms with Crippen molar-refractivity contribution in [1.82, 2.24) is 0 Å². The highest BCUT2D eigenvalue weighted by Gasteiger charge is 2.37. The average molecular weight is 268 g/mol. The second kappa shape index (κ2) is 5.10. The van der Waals surface area contributed by atoms with Gasteiger partial charge >= 0.3 is 5.97 Å². The molecule has 0 spiro atoms. The van der Waals surface area contributed by atoms with E-state index in [0.717, 1.165) is 11.1 Å². The molecule has 2 rings (SSSR count). The van der Waals surface area contributed by atoms with Gasteiger partial charge in [-0.2, -0.15) is 0 Å². The molecule has 98 valence electrons. The fourth-order valence-corrected chi connectivity index (χ4v) is 3.10. The average Bonchev–Trinajstić information content (AvgIpc) is 3.11. The van der Waals surface area contributed by atoms with Crippen LogP contribution in [0, 0.1) is 6.92 Å². The van der Waals surface area contributed by atoms with Gasteiger partial charge in [0, 0.05) is 0 Å². The Balaban J connectivity index is 1.83. The van der Waals surface area contributed by atoms with Crippen LogP contribution in [0.5, 0.6) is 0 Å². The van der Waals surface area contributed by atoms with Crippen molar-refractivity contribution in [3.8, 4) is 0 Å². The van der Waals surface area contributed by atoms with Gasteiger partial charge in [0.1, 0.15) is 12.4 Å². The van der Waals surface area contributed by atoms with Gasteiger partial charge in [-0.15, -0.1) is 0 Å². The number of hydrogen-bond acceptors (Lipinski definition) is 4. The lowest BCUT2D eigenvalue weighted by atomic mass is 10.2. The number of benzene rings is 1. The molecule has 4 nitrogen and oxygen atoms in total. The quantitative estimate of drug-likeness (QED) is 0.761. The lowest BCUT2D eigenvalue weighted by Gasteiger charge is -2.05. The van der Waals surface area contributed by atoms with Crippen molar-refractivity contribution in [2.75, 3.05) is 5.75 Å². The first kappa shape index (κ1) is 13.1. The first-order valence-corrected chi connectivity index (χ1v) is 7.62. The van der Waals surface area contributed by atoms with Crippen molar-refractivity contribution in [3.63, 3.8) is 0 Å². The van der Waals surface area contributed by atoms with E-state index in [4.69, 9.17) is 4.74 Å². The Hall–Kier alpha value is -1.36. The van der Waals surface area contributed by atoms with E-state index >= 15 is 0 Å². The van der Waals surface area contributed by atoms with E-state index in [0.29, 0.717) is 12.8 Å². The Bertz CT molecular complexity index is 527. The van der Waals surface area contributed by atoms with Crippen LogP contribution in [0.1, 0.15) is 24.0 Å². The van der Waals surface area contributed by atoms with Crippen LogP contribution >= 0.6 is 0 Å². The Morgan fingerprint density at radius 3 is 2.44 bits per heavy atom. The summed E-state index contributed by atoms with van der Waals surface area (Å²) in [6.45, 7) is 2.09. The predicted molar refractivity (Wildman–Crippen MR) is 67.8 cm³/mol. The molecule has 18 heavy (non-hydrogen) atoms. The second-order valence-electron chi connectivity index (χ2n) is 4.65. The van der Waals surface area contributed by atoms with Gasteiger partial charge in [-0.25, -0.2) is 8.42 Å². The normalized spacial score (nSPS) is 15.4. The van der Waals surface area contributed by atoms with Crippen molar-refractivity contribution < 1.29 is 17.9 Å². The molecular formula is C13H16O4S. The third kappa shape index (κ3) is 3.57. The fourth-order valence-electron chi connectivity index (χ4n) is 1.60.